The van der Waals surface area contributed by atoms with Crippen molar-refractivity contribution in [2.24, 2.45) is 0 Å². The van der Waals surface area contributed by atoms with Crippen molar-refractivity contribution in [3.8, 4) is 0 Å². The second-order valence-electron chi connectivity index (χ2n) is 6.36. The average Bonchev–Trinajstić information content (AvgIpc) is 2.49. The fourth-order valence-electron chi connectivity index (χ4n) is 2.09. The second-order valence-corrected chi connectivity index (χ2v) is 6.77. The molecule has 0 heterocycles. The van der Waals surface area contributed by atoms with Gasteiger partial charge in [0, 0.05) is 5.56 Å². The molecule has 120 valence electrons. The third kappa shape index (κ3) is 4.60. The highest BCUT2D eigenvalue weighted by Crippen LogP contribution is 2.23. The van der Waals surface area contributed by atoms with Crippen LogP contribution in [0.5, 0.6) is 0 Å². The van der Waals surface area contributed by atoms with Crippen molar-refractivity contribution in [1.82, 2.24) is 5.32 Å². The summed E-state index contributed by atoms with van der Waals surface area (Å²) in [5.74, 6) is 0.165. The van der Waals surface area contributed by atoms with Crippen molar-refractivity contribution in [3.63, 3.8) is 0 Å². The van der Waals surface area contributed by atoms with E-state index in [1.165, 1.54) is 5.56 Å². The van der Waals surface area contributed by atoms with Crippen LogP contribution >= 0.6 is 11.6 Å². The molecule has 2 aromatic carbocycles. The Morgan fingerprint density at radius 2 is 1.65 bits per heavy atom. The number of carbonyl (C=O) groups is 1. The van der Waals surface area contributed by atoms with Gasteiger partial charge in [-0.15, -0.1) is 0 Å². The van der Waals surface area contributed by atoms with Gasteiger partial charge in [0.05, 0.1) is 10.7 Å². The molecular formula is C19H21ClN2O. The van der Waals surface area contributed by atoms with E-state index in [1.807, 2.05) is 42.5 Å². The van der Waals surface area contributed by atoms with E-state index in [9.17, 15) is 4.79 Å². The molecule has 23 heavy (non-hydrogen) atoms. The Kier molecular flexibility index (Phi) is 5.12. The zero-order valence-corrected chi connectivity index (χ0v) is 14.4. The average molecular weight is 329 g/mol. The number of anilines is 1. The fraction of sp³-hybridized carbons (Fsp3) is 0.211. The third-order valence-corrected chi connectivity index (χ3v) is 3.77. The smallest absolute Gasteiger partial charge is 0.256 e. The molecule has 0 spiro atoms. The predicted octanol–water partition coefficient (Wildman–Crippen LogP) is 4.95. The van der Waals surface area contributed by atoms with Gasteiger partial charge in [-0.2, -0.15) is 0 Å². The van der Waals surface area contributed by atoms with Gasteiger partial charge in [0.15, 0.2) is 0 Å². The maximum atomic E-state index is 12.2. The molecule has 1 amide bonds. The Balaban J connectivity index is 2.01. The molecule has 2 rings (SSSR count). The van der Waals surface area contributed by atoms with Gasteiger partial charge in [-0.25, -0.2) is 0 Å². The molecule has 0 atom stereocenters. The minimum absolute atomic E-state index is 0.0597. The van der Waals surface area contributed by atoms with Crippen LogP contribution in [0.2, 0.25) is 5.02 Å². The molecular weight excluding hydrogens is 308 g/mol. The lowest BCUT2D eigenvalue weighted by Gasteiger charge is -2.19. The van der Waals surface area contributed by atoms with E-state index in [1.54, 1.807) is 6.07 Å². The summed E-state index contributed by atoms with van der Waals surface area (Å²) < 4.78 is 0. The summed E-state index contributed by atoms with van der Waals surface area (Å²) >= 11 is 6.07. The fourth-order valence-corrected chi connectivity index (χ4v) is 2.27. The summed E-state index contributed by atoms with van der Waals surface area (Å²) in [6.07, 6.45) is 0. The Morgan fingerprint density at radius 3 is 2.22 bits per heavy atom. The van der Waals surface area contributed by atoms with E-state index in [0.29, 0.717) is 22.1 Å². The highest BCUT2D eigenvalue weighted by Gasteiger charge is 2.14. The van der Waals surface area contributed by atoms with Crippen molar-refractivity contribution in [2.75, 3.05) is 5.32 Å². The van der Waals surface area contributed by atoms with E-state index in [0.717, 1.165) is 0 Å². The molecule has 2 aromatic rings. The van der Waals surface area contributed by atoms with Crippen LogP contribution in [0.15, 0.2) is 60.9 Å². The number of hydrogen-bond acceptors (Lipinski definition) is 2. The summed E-state index contributed by atoms with van der Waals surface area (Å²) in [6.45, 7) is 10.2. The van der Waals surface area contributed by atoms with Crippen LogP contribution in [0.1, 0.15) is 36.7 Å². The largest absolute Gasteiger partial charge is 0.341 e. The van der Waals surface area contributed by atoms with Crippen LogP contribution in [-0.4, -0.2) is 5.91 Å². The molecule has 0 bridgehead atoms. The molecule has 0 radical (unpaired) electrons. The van der Waals surface area contributed by atoms with E-state index in [4.69, 9.17) is 11.6 Å². The number of rotatable bonds is 4. The lowest BCUT2D eigenvalue weighted by molar-refractivity contribution is 0.0966. The zero-order valence-electron chi connectivity index (χ0n) is 13.6. The number of halogens is 1. The monoisotopic (exact) mass is 328 g/mol. The molecule has 0 aliphatic carbocycles. The quantitative estimate of drug-likeness (QED) is 0.833. The molecule has 4 heteroatoms. The SMILES string of the molecule is C=C(NC(=O)c1ccc(C(C)(C)C)cc1)Nc1ccccc1Cl. The van der Waals surface area contributed by atoms with Crippen LogP contribution in [-0.2, 0) is 5.41 Å². The van der Waals surface area contributed by atoms with Gasteiger partial charge in [0.25, 0.3) is 5.91 Å². The van der Waals surface area contributed by atoms with Crippen molar-refractivity contribution in [1.29, 1.82) is 0 Å². The van der Waals surface area contributed by atoms with Gasteiger partial charge in [-0.05, 0) is 35.2 Å². The van der Waals surface area contributed by atoms with Crippen molar-refractivity contribution >= 4 is 23.2 Å². The first-order valence-electron chi connectivity index (χ1n) is 7.40. The van der Waals surface area contributed by atoms with E-state index < -0.39 is 0 Å². The van der Waals surface area contributed by atoms with Crippen LogP contribution in [0.3, 0.4) is 0 Å². The van der Waals surface area contributed by atoms with Crippen molar-refractivity contribution in [2.45, 2.75) is 26.2 Å². The van der Waals surface area contributed by atoms with E-state index >= 15 is 0 Å². The van der Waals surface area contributed by atoms with Gasteiger partial charge in [0.2, 0.25) is 0 Å². The van der Waals surface area contributed by atoms with Gasteiger partial charge < -0.3 is 10.6 Å². The minimum atomic E-state index is -0.213. The summed E-state index contributed by atoms with van der Waals surface area (Å²) in [5.41, 5.74) is 2.52. The second kappa shape index (κ2) is 6.88. The predicted molar refractivity (Wildman–Crippen MR) is 96.8 cm³/mol. The molecule has 3 nitrogen and oxygen atoms in total. The number of benzene rings is 2. The number of carbonyl (C=O) groups excluding carboxylic acids is 1. The maximum Gasteiger partial charge on any atom is 0.256 e. The summed E-state index contributed by atoms with van der Waals surface area (Å²) in [5, 5.41) is 6.28. The molecule has 2 N–H and O–H groups in total. The standard InChI is InChI=1S/C19H21ClN2O/c1-13(21-17-8-6-5-7-16(17)20)22-18(23)14-9-11-15(12-10-14)19(2,3)4/h5-12,21H,1H2,2-4H3,(H,22,23). The first kappa shape index (κ1) is 17.1. The molecule has 0 aromatic heterocycles. The summed E-state index contributed by atoms with van der Waals surface area (Å²) in [7, 11) is 0. The number of amides is 1. The lowest BCUT2D eigenvalue weighted by atomic mass is 9.87. The molecule has 0 aliphatic rings. The Hall–Kier alpha value is -2.26. The number of para-hydroxylation sites is 1. The highest BCUT2D eigenvalue weighted by molar-refractivity contribution is 6.33. The maximum absolute atomic E-state index is 12.2. The minimum Gasteiger partial charge on any atom is -0.341 e. The van der Waals surface area contributed by atoms with E-state index in [2.05, 4.69) is 38.0 Å². The van der Waals surface area contributed by atoms with Gasteiger partial charge in [-0.3, -0.25) is 4.79 Å². The summed E-state index contributed by atoms with van der Waals surface area (Å²) in [6, 6.07) is 14.9. The Bertz CT molecular complexity index is 715. The normalized spacial score (nSPS) is 11.0. The first-order chi connectivity index (χ1) is 10.8. The van der Waals surface area contributed by atoms with Gasteiger partial charge in [0.1, 0.15) is 5.82 Å². The third-order valence-electron chi connectivity index (χ3n) is 3.44. The highest BCUT2D eigenvalue weighted by atomic mass is 35.5. The van der Waals surface area contributed by atoms with Crippen LogP contribution in [0.4, 0.5) is 5.69 Å². The topological polar surface area (TPSA) is 41.1 Å². The van der Waals surface area contributed by atoms with Crippen LogP contribution in [0.25, 0.3) is 0 Å². The van der Waals surface area contributed by atoms with Gasteiger partial charge in [-0.1, -0.05) is 63.2 Å². The molecule has 0 fully saturated rings. The summed E-state index contributed by atoms with van der Waals surface area (Å²) in [4.78, 5) is 12.2. The van der Waals surface area contributed by atoms with Gasteiger partial charge >= 0.3 is 0 Å². The van der Waals surface area contributed by atoms with Crippen LogP contribution in [0, 0.1) is 0 Å². The van der Waals surface area contributed by atoms with Crippen molar-refractivity contribution < 1.29 is 4.79 Å². The lowest BCUT2D eigenvalue weighted by Crippen LogP contribution is -2.26. The Labute approximate surface area is 142 Å². The van der Waals surface area contributed by atoms with Crippen LogP contribution < -0.4 is 10.6 Å². The number of hydrogen-bond donors (Lipinski definition) is 2. The molecule has 0 saturated carbocycles. The molecule has 0 unspecified atom stereocenters. The number of nitrogens with one attached hydrogen (secondary N) is 2. The van der Waals surface area contributed by atoms with Crippen molar-refractivity contribution in [3.05, 3.63) is 77.1 Å². The molecule has 0 aliphatic heterocycles. The Morgan fingerprint density at radius 1 is 1.04 bits per heavy atom. The van der Waals surface area contributed by atoms with E-state index in [-0.39, 0.29) is 11.3 Å². The first-order valence-corrected chi connectivity index (χ1v) is 7.77. The zero-order chi connectivity index (χ0) is 17.0. The molecule has 0 saturated heterocycles.